The number of amides is 3. The Morgan fingerprint density at radius 3 is 2.04 bits per heavy atom. The van der Waals surface area contributed by atoms with E-state index in [4.69, 9.17) is 0 Å². The smallest absolute Gasteiger partial charge is 0.256 e. The summed E-state index contributed by atoms with van der Waals surface area (Å²) in [4.78, 5) is 42.5. The predicted molar refractivity (Wildman–Crippen MR) is 203 cm³/mol. The second-order valence-electron chi connectivity index (χ2n) is 12.5. The largest absolute Gasteiger partial charge is 0.358 e. The van der Waals surface area contributed by atoms with Crippen molar-refractivity contribution in [2.75, 3.05) is 36.8 Å². The number of nitrogens with one attached hydrogen (secondary N) is 4. The predicted octanol–water partition coefficient (Wildman–Crippen LogP) is 7.71. The summed E-state index contributed by atoms with van der Waals surface area (Å²) >= 11 is 0. The molecular formula is C42H43N5O3. The van der Waals surface area contributed by atoms with Crippen LogP contribution in [0.1, 0.15) is 52.3 Å². The molecule has 7 rings (SSSR count). The standard InChI is InChI=1S/C28H32N4O2.C14H11NO/c1-5-32(6-2)15-14-29-28(34)26-18(3)24(30-19(26)4)17-23-22-13-12-21(16-25(22)31-27(23)33)20-10-8-7-9-11-20;16-14-9-12-7-6-11(8-13(12)15-14)10-4-2-1-3-5-10/h7-13,16-17,30H,5-6,14-15H2,1-4H3,(H,29,34)(H,31,33);1-8H,9H2,(H,15,16). The highest BCUT2D eigenvalue weighted by Gasteiger charge is 2.26. The fourth-order valence-electron chi connectivity index (χ4n) is 6.53. The summed E-state index contributed by atoms with van der Waals surface area (Å²) in [7, 11) is 0. The van der Waals surface area contributed by atoms with Crippen LogP contribution in [0.4, 0.5) is 11.4 Å². The number of hydrogen-bond donors (Lipinski definition) is 4. The molecule has 2 aliphatic rings. The van der Waals surface area contributed by atoms with Gasteiger partial charge >= 0.3 is 0 Å². The molecule has 5 aromatic rings. The van der Waals surface area contributed by atoms with Crippen molar-refractivity contribution in [2.45, 2.75) is 34.1 Å². The molecule has 2 aliphatic heterocycles. The van der Waals surface area contributed by atoms with Gasteiger partial charge in [-0.1, -0.05) is 98.8 Å². The Hall–Kier alpha value is -5.73. The molecule has 8 heteroatoms. The minimum Gasteiger partial charge on any atom is -0.358 e. The van der Waals surface area contributed by atoms with Crippen LogP contribution in [0.15, 0.2) is 97.1 Å². The minimum atomic E-state index is -0.142. The van der Waals surface area contributed by atoms with Crippen LogP contribution in [0.3, 0.4) is 0 Å². The van der Waals surface area contributed by atoms with Gasteiger partial charge in [0.2, 0.25) is 5.91 Å². The van der Waals surface area contributed by atoms with Crippen LogP contribution < -0.4 is 16.0 Å². The van der Waals surface area contributed by atoms with Crippen LogP contribution >= 0.6 is 0 Å². The van der Waals surface area contributed by atoms with Gasteiger partial charge in [-0.3, -0.25) is 14.4 Å². The molecule has 254 valence electrons. The molecule has 0 atom stereocenters. The first kappa shape index (κ1) is 34.1. The molecule has 4 N–H and O–H groups in total. The van der Waals surface area contributed by atoms with Crippen molar-refractivity contribution < 1.29 is 14.4 Å². The third kappa shape index (κ3) is 7.46. The average molecular weight is 666 g/mol. The Bertz CT molecular complexity index is 2060. The number of aryl methyl sites for hydroxylation is 1. The molecule has 3 heterocycles. The number of anilines is 2. The number of benzene rings is 4. The van der Waals surface area contributed by atoms with Crippen molar-refractivity contribution in [3.63, 3.8) is 0 Å². The van der Waals surface area contributed by atoms with Gasteiger partial charge in [-0.05, 0) is 78.5 Å². The van der Waals surface area contributed by atoms with Crippen LogP contribution in [-0.2, 0) is 16.0 Å². The van der Waals surface area contributed by atoms with E-state index in [0.717, 1.165) is 75.8 Å². The molecule has 1 aromatic heterocycles. The molecule has 0 saturated carbocycles. The second-order valence-corrected chi connectivity index (χ2v) is 12.5. The summed E-state index contributed by atoms with van der Waals surface area (Å²) in [5.74, 6) is -0.149. The number of aromatic nitrogens is 1. The number of carbonyl (C=O) groups is 3. The van der Waals surface area contributed by atoms with E-state index >= 15 is 0 Å². The number of fused-ring (bicyclic) bond motifs is 2. The summed E-state index contributed by atoms with van der Waals surface area (Å²) in [6.07, 6.45) is 2.35. The maximum absolute atomic E-state index is 12.9. The molecule has 50 heavy (non-hydrogen) atoms. The topological polar surface area (TPSA) is 106 Å². The summed E-state index contributed by atoms with van der Waals surface area (Å²) in [5, 5.41) is 8.89. The van der Waals surface area contributed by atoms with E-state index in [2.05, 4.69) is 70.0 Å². The Balaban J connectivity index is 0.000000223. The SMILES string of the molecule is CCN(CC)CCNC(=O)c1c(C)[nH]c(C=C2C(=O)Nc3cc(-c4ccccc4)ccc32)c1C.O=C1Cc2ccc(-c3ccccc3)cc2N1. The number of likely N-dealkylation sites (N-methyl/N-ethyl adjacent to an activating group) is 1. The third-order valence-electron chi connectivity index (χ3n) is 9.35. The molecule has 8 nitrogen and oxygen atoms in total. The highest BCUT2D eigenvalue weighted by molar-refractivity contribution is 6.35. The summed E-state index contributed by atoms with van der Waals surface area (Å²) in [5.41, 5.74) is 11.8. The Morgan fingerprint density at radius 2 is 1.40 bits per heavy atom. The second kappa shape index (κ2) is 15.2. The first-order valence-electron chi connectivity index (χ1n) is 17.2. The Labute approximate surface area is 293 Å². The fraction of sp³-hybridized carbons (Fsp3) is 0.214. The molecule has 0 aliphatic carbocycles. The van der Waals surface area contributed by atoms with Crippen molar-refractivity contribution in [1.29, 1.82) is 0 Å². The first-order valence-corrected chi connectivity index (χ1v) is 17.2. The third-order valence-corrected chi connectivity index (χ3v) is 9.35. The van der Waals surface area contributed by atoms with Gasteiger partial charge < -0.3 is 25.8 Å². The zero-order valence-corrected chi connectivity index (χ0v) is 29.0. The van der Waals surface area contributed by atoms with Crippen LogP contribution in [0.2, 0.25) is 0 Å². The first-order chi connectivity index (χ1) is 24.2. The van der Waals surface area contributed by atoms with Crippen molar-refractivity contribution >= 4 is 40.7 Å². The van der Waals surface area contributed by atoms with E-state index in [1.165, 1.54) is 5.56 Å². The van der Waals surface area contributed by atoms with Crippen LogP contribution in [0.5, 0.6) is 0 Å². The number of hydrogen-bond acceptors (Lipinski definition) is 4. The van der Waals surface area contributed by atoms with E-state index in [9.17, 15) is 14.4 Å². The molecule has 0 saturated heterocycles. The van der Waals surface area contributed by atoms with Crippen molar-refractivity contribution in [3.05, 3.63) is 131 Å². The molecule has 0 fully saturated rings. The number of H-pyrrole nitrogens is 1. The van der Waals surface area contributed by atoms with Crippen molar-refractivity contribution in [1.82, 2.24) is 15.2 Å². The monoisotopic (exact) mass is 665 g/mol. The van der Waals surface area contributed by atoms with Crippen LogP contribution in [0, 0.1) is 13.8 Å². The lowest BCUT2D eigenvalue weighted by Crippen LogP contribution is -2.35. The Morgan fingerprint density at radius 1 is 0.780 bits per heavy atom. The van der Waals surface area contributed by atoms with Gasteiger partial charge in [-0.2, -0.15) is 0 Å². The van der Waals surface area contributed by atoms with Crippen LogP contribution in [0.25, 0.3) is 33.9 Å². The van der Waals surface area contributed by atoms with Gasteiger partial charge in [0.05, 0.1) is 17.6 Å². The van der Waals surface area contributed by atoms with Gasteiger partial charge in [0.1, 0.15) is 0 Å². The zero-order valence-electron chi connectivity index (χ0n) is 29.0. The van der Waals surface area contributed by atoms with Crippen molar-refractivity contribution in [3.8, 4) is 22.3 Å². The molecule has 0 radical (unpaired) electrons. The number of rotatable bonds is 9. The molecule has 4 aromatic carbocycles. The zero-order chi connectivity index (χ0) is 35.2. The van der Waals surface area contributed by atoms with Crippen LogP contribution in [-0.4, -0.2) is 53.8 Å². The quantitative estimate of drug-likeness (QED) is 0.121. The lowest BCUT2D eigenvalue weighted by Gasteiger charge is -2.18. The van der Waals surface area contributed by atoms with Gasteiger partial charge in [-0.15, -0.1) is 0 Å². The molecule has 0 unspecified atom stereocenters. The summed E-state index contributed by atoms with van der Waals surface area (Å²) < 4.78 is 0. The highest BCUT2D eigenvalue weighted by Crippen LogP contribution is 2.37. The van der Waals surface area contributed by atoms with Gasteiger partial charge in [0.25, 0.3) is 11.8 Å². The van der Waals surface area contributed by atoms with Crippen molar-refractivity contribution in [2.24, 2.45) is 0 Å². The molecule has 3 amide bonds. The lowest BCUT2D eigenvalue weighted by atomic mass is 9.99. The number of aromatic amines is 1. The highest BCUT2D eigenvalue weighted by atomic mass is 16.2. The average Bonchev–Trinajstić information content (AvgIpc) is 3.76. The normalized spacial score (nSPS) is 13.7. The van der Waals surface area contributed by atoms with E-state index < -0.39 is 0 Å². The Kier molecular flexibility index (Phi) is 10.4. The minimum absolute atomic E-state index is 0.0835. The van der Waals surface area contributed by atoms with E-state index in [1.54, 1.807) is 0 Å². The molecular weight excluding hydrogens is 622 g/mol. The number of carbonyl (C=O) groups excluding carboxylic acids is 3. The van der Waals surface area contributed by atoms with E-state index in [1.807, 2.05) is 86.7 Å². The van der Waals surface area contributed by atoms with Gasteiger partial charge in [-0.25, -0.2) is 0 Å². The van der Waals surface area contributed by atoms with Gasteiger partial charge in [0, 0.05) is 41.4 Å². The van der Waals surface area contributed by atoms with Gasteiger partial charge in [0.15, 0.2) is 0 Å². The maximum atomic E-state index is 12.9. The summed E-state index contributed by atoms with van der Waals surface area (Å²) in [6.45, 7) is 11.4. The van der Waals surface area contributed by atoms with E-state index in [0.29, 0.717) is 24.1 Å². The maximum Gasteiger partial charge on any atom is 0.256 e. The lowest BCUT2D eigenvalue weighted by molar-refractivity contribution is -0.115. The molecule has 0 spiro atoms. The number of nitrogens with zero attached hydrogens (tertiary/aromatic N) is 1. The molecule has 0 bridgehead atoms. The fourth-order valence-corrected chi connectivity index (χ4v) is 6.53. The van der Waals surface area contributed by atoms with E-state index in [-0.39, 0.29) is 17.7 Å². The summed E-state index contributed by atoms with van der Waals surface area (Å²) in [6, 6.07) is 32.4.